The summed E-state index contributed by atoms with van der Waals surface area (Å²) in [6.45, 7) is 0.258. The maximum atomic E-state index is 13.4. The van der Waals surface area contributed by atoms with Crippen LogP contribution in [0, 0.1) is 17.1 Å². The van der Waals surface area contributed by atoms with Crippen LogP contribution in [0.4, 0.5) is 10.1 Å². The zero-order valence-electron chi connectivity index (χ0n) is 12.5. The highest BCUT2D eigenvalue weighted by molar-refractivity contribution is 6.30. The Balaban J connectivity index is 2.00. The maximum Gasteiger partial charge on any atom is 0.224 e. The van der Waals surface area contributed by atoms with Gasteiger partial charge in [0.25, 0.3) is 0 Å². The summed E-state index contributed by atoms with van der Waals surface area (Å²) in [6, 6.07) is 16.6. The van der Waals surface area contributed by atoms with Crippen molar-refractivity contribution in [1.29, 1.82) is 5.26 Å². The lowest BCUT2D eigenvalue weighted by Crippen LogP contribution is -2.05. The van der Waals surface area contributed by atoms with Crippen LogP contribution in [-0.2, 0) is 6.54 Å². The van der Waals surface area contributed by atoms with Gasteiger partial charge in [-0.05, 0) is 35.9 Å². The van der Waals surface area contributed by atoms with Crippen LogP contribution in [0.15, 0.2) is 54.6 Å². The number of aromatic nitrogens is 1. The molecule has 0 atom stereocenters. The van der Waals surface area contributed by atoms with Crippen molar-refractivity contribution in [3.63, 3.8) is 0 Å². The van der Waals surface area contributed by atoms with Crippen LogP contribution in [0.3, 0.4) is 0 Å². The molecule has 0 amide bonds. The van der Waals surface area contributed by atoms with Gasteiger partial charge in [0.2, 0.25) is 5.88 Å². The average Bonchev–Trinajstić information content (AvgIpc) is 2.83. The lowest BCUT2D eigenvalue weighted by atomic mass is 10.2. The first-order chi connectivity index (χ1) is 11.6. The molecular formula is C18H13ClFN3O. The molecule has 2 aromatic carbocycles. The van der Waals surface area contributed by atoms with Gasteiger partial charge < -0.3 is 10.5 Å². The lowest BCUT2D eigenvalue weighted by molar-refractivity contribution is 0.437. The van der Waals surface area contributed by atoms with Crippen molar-refractivity contribution < 1.29 is 9.13 Å². The maximum absolute atomic E-state index is 13.4. The number of rotatable bonds is 4. The van der Waals surface area contributed by atoms with E-state index in [-0.39, 0.29) is 12.4 Å². The van der Waals surface area contributed by atoms with Crippen molar-refractivity contribution in [2.24, 2.45) is 0 Å². The Kier molecular flexibility index (Phi) is 4.41. The Bertz CT molecular complexity index is 930. The van der Waals surface area contributed by atoms with Crippen molar-refractivity contribution in [1.82, 2.24) is 4.57 Å². The summed E-state index contributed by atoms with van der Waals surface area (Å²) in [5.74, 6) is 0.471. The number of hydrogen-bond donors (Lipinski definition) is 1. The third kappa shape index (κ3) is 3.34. The summed E-state index contributed by atoms with van der Waals surface area (Å²) >= 11 is 5.96. The predicted molar refractivity (Wildman–Crippen MR) is 90.6 cm³/mol. The second-order valence-corrected chi connectivity index (χ2v) is 5.61. The molecule has 4 nitrogen and oxygen atoms in total. The van der Waals surface area contributed by atoms with Gasteiger partial charge in [-0.15, -0.1) is 0 Å². The zero-order valence-corrected chi connectivity index (χ0v) is 13.3. The molecule has 2 N–H and O–H groups in total. The van der Waals surface area contributed by atoms with Gasteiger partial charge in [0.1, 0.15) is 23.3 Å². The van der Waals surface area contributed by atoms with Gasteiger partial charge in [-0.2, -0.15) is 5.26 Å². The fourth-order valence-electron chi connectivity index (χ4n) is 2.38. The van der Waals surface area contributed by atoms with Gasteiger partial charge in [0.05, 0.1) is 12.2 Å². The molecule has 0 bridgehead atoms. The van der Waals surface area contributed by atoms with Crippen molar-refractivity contribution in [2.45, 2.75) is 6.54 Å². The lowest BCUT2D eigenvalue weighted by Gasteiger charge is -2.13. The Morgan fingerprint density at radius 2 is 1.96 bits per heavy atom. The van der Waals surface area contributed by atoms with Crippen LogP contribution < -0.4 is 10.5 Å². The molecule has 0 aliphatic heterocycles. The Morgan fingerprint density at radius 1 is 1.17 bits per heavy atom. The van der Waals surface area contributed by atoms with Crippen molar-refractivity contribution in [3.05, 3.63) is 76.7 Å². The number of anilines is 1. The van der Waals surface area contributed by atoms with Gasteiger partial charge in [0, 0.05) is 11.1 Å². The van der Waals surface area contributed by atoms with E-state index in [4.69, 9.17) is 22.1 Å². The summed E-state index contributed by atoms with van der Waals surface area (Å²) in [4.78, 5) is 0. The smallest absolute Gasteiger partial charge is 0.224 e. The normalized spacial score (nSPS) is 10.4. The monoisotopic (exact) mass is 341 g/mol. The first-order valence-corrected chi connectivity index (χ1v) is 7.51. The van der Waals surface area contributed by atoms with Gasteiger partial charge in [-0.3, -0.25) is 4.57 Å². The molecule has 0 aliphatic carbocycles. The topological polar surface area (TPSA) is 64.0 Å². The van der Waals surface area contributed by atoms with E-state index < -0.39 is 0 Å². The molecule has 0 fully saturated rings. The van der Waals surface area contributed by atoms with Crippen molar-refractivity contribution in [3.8, 4) is 17.7 Å². The van der Waals surface area contributed by atoms with Crippen molar-refractivity contribution in [2.75, 3.05) is 5.73 Å². The largest absolute Gasteiger partial charge is 0.439 e. The Hall–Kier alpha value is -2.97. The summed E-state index contributed by atoms with van der Waals surface area (Å²) in [5.41, 5.74) is 7.33. The molecule has 24 heavy (non-hydrogen) atoms. The first kappa shape index (κ1) is 15.9. The molecule has 0 unspecified atom stereocenters. The minimum atomic E-state index is -0.344. The quantitative estimate of drug-likeness (QED) is 0.755. The molecule has 0 saturated carbocycles. The number of nitrogen functional groups attached to an aromatic ring is 1. The minimum absolute atomic E-state index is 0.258. The highest BCUT2D eigenvalue weighted by atomic mass is 35.5. The number of nitrogens with two attached hydrogens (primary N) is 1. The van der Waals surface area contributed by atoms with E-state index >= 15 is 0 Å². The number of nitrogens with zero attached hydrogens (tertiary/aromatic N) is 2. The first-order valence-electron chi connectivity index (χ1n) is 7.14. The number of halogens is 2. The minimum Gasteiger partial charge on any atom is -0.439 e. The van der Waals surface area contributed by atoms with Crippen LogP contribution in [-0.4, -0.2) is 4.57 Å². The van der Waals surface area contributed by atoms with E-state index in [2.05, 4.69) is 6.07 Å². The fourth-order valence-corrected chi connectivity index (χ4v) is 2.56. The van der Waals surface area contributed by atoms with Crippen LogP contribution in [0.1, 0.15) is 11.3 Å². The molecule has 1 aromatic heterocycles. The van der Waals surface area contributed by atoms with Gasteiger partial charge >= 0.3 is 0 Å². The molecular weight excluding hydrogens is 329 g/mol. The van der Waals surface area contributed by atoms with Crippen molar-refractivity contribution >= 4 is 17.3 Å². The number of hydrogen-bond acceptors (Lipinski definition) is 3. The van der Waals surface area contributed by atoms with Crippen LogP contribution >= 0.6 is 11.6 Å². The molecule has 0 aliphatic rings. The standard InChI is InChI=1S/C18H13ClFN3O/c19-13-4-2-6-16(8-13)24-18-17(22)9-15(10-21)23(18)11-12-3-1-5-14(20)7-12/h1-9H,11,22H2. The summed E-state index contributed by atoms with van der Waals surface area (Å²) in [6.07, 6.45) is 0. The summed E-state index contributed by atoms with van der Waals surface area (Å²) in [7, 11) is 0. The number of ether oxygens (including phenoxy) is 1. The number of nitriles is 1. The van der Waals surface area contributed by atoms with Crippen LogP contribution in [0.5, 0.6) is 11.6 Å². The highest BCUT2D eigenvalue weighted by Gasteiger charge is 2.16. The third-order valence-corrected chi connectivity index (χ3v) is 3.67. The van der Waals surface area contributed by atoms with Gasteiger partial charge in [0.15, 0.2) is 0 Å². The van der Waals surface area contributed by atoms with Gasteiger partial charge in [-0.25, -0.2) is 4.39 Å². The fraction of sp³-hybridized carbons (Fsp3) is 0.0556. The predicted octanol–water partition coefficient (Wildman–Crippen LogP) is 4.58. The second kappa shape index (κ2) is 6.65. The zero-order chi connectivity index (χ0) is 17.1. The molecule has 3 rings (SSSR count). The summed E-state index contributed by atoms with van der Waals surface area (Å²) < 4.78 is 20.8. The van der Waals surface area contributed by atoms with E-state index in [1.807, 2.05) is 0 Å². The molecule has 3 aromatic rings. The van der Waals surface area contributed by atoms with E-state index in [0.29, 0.717) is 33.6 Å². The van der Waals surface area contributed by atoms with Gasteiger partial charge in [-0.1, -0.05) is 29.8 Å². The van der Waals surface area contributed by atoms with E-state index in [1.165, 1.54) is 18.2 Å². The SMILES string of the molecule is N#Cc1cc(N)c(Oc2cccc(Cl)c2)n1Cc1cccc(F)c1. The molecule has 0 radical (unpaired) electrons. The Morgan fingerprint density at radius 3 is 2.67 bits per heavy atom. The molecule has 120 valence electrons. The molecule has 6 heteroatoms. The third-order valence-electron chi connectivity index (χ3n) is 3.43. The van der Waals surface area contributed by atoms with Crippen LogP contribution in [0.25, 0.3) is 0 Å². The second-order valence-electron chi connectivity index (χ2n) is 5.18. The molecule has 0 spiro atoms. The average molecular weight is 342 g/mol. The molecule has 0 saturated heterocycles. The van der Waals surface area contributed by atoms with E-state index in [0.717, 1.165) is 0 Å². The van der Waals surface area contributed by atoms with E-state index in [1.54, 1.807) is 41.0 Å². The highest BCUT2D eigenvalue weighted by Crippen LogP contribution is 2.32. The van der Waals surface area contributed by atoms with E-state index in [9.17, 15) is 9.65 Å². The Labute approximate surface area is 143 Å². The number of benzene rings is 2. The molecule has 1 heterocycles. The van der Waals surface area contributed by atoms with Crippen LogP contribution in [0.2, 0.25) is 5.02 Å². The summed E-state index contributed by atoms with van der Waals surface area (Å²) in [5, 5.41) is 9.84.